The van der Waals surface area contributed by atoms with Crippen molar-refractivity contribution in [2.24, 2.45) is 5.92 Å². The maximum Gasteiger partial charge on any atom is 0.248 e. The number of nitrogens with one attached hydrogen (secondary N) is 1. The van der Waals surface area contributed by atoms with Crippen LogP contribution in [0.4, 0.5) is 0 Å². The van der Waals surface area contributed by atoms with E-state index in [1.165, 1.54) is 0 Å². The molecule has 4 heteroatoms. The molecule has 1 saturated carbocycles. The van der Waals surface area contributed by atoms with Crippen molar-refractivity contribution in [1.82, 2.24) is 5.32 Å². The number of hydrogen-bond donors (Lipinski definition) is 2. The van der Waals surface area contributed by atoms with E-state index in [0.717, 1.165) is 24.8 Å². The van der Waals surface area contributed by atoms with Crippen molar-refractivity contribution in [2.45, 2.75) is 45.0 Å². The second-order valence-electron chi connectivity index (χ2n) is 5.52. The molecule has 1 aromatic carbocycles. The van der Waals surface area contributed by atoms with Crippen LogP contribution in [0.25, 0.3) is 0 Å². The lowest BCUT2D eigenvalue weighted by Crippen LogP contribution is -2.37. The van der Waals surface area contributed by atoms with Gasteiger partial charge in [-0.05, 0) is 37.7 Å². The molecule has 2 N–H and O–H groups in total. The molecule has 0 bridgehead atoms. The van der Waals surface area contributed by atoms with Crippen LogP contribution in [-0.4, -0.2) is 29.8 Å². The molecule has 1 aliphatic carbocycles. The van der Waals surface area contributed by atoms with Crippen molar-refractivity contribution in [3.63, 3.8) is 0 Å². The van der Waals surface area contributed by atoms with E-state index in [2.05, 4.69) is 5.32 Å². The monoisotopic (exact) mass is 277 g/mol. The number of ether oxygens (including phenoxy) is 1. The number of carbonyl (C=O) groups is 1. The zero-order valence-electron chi connectivity index (χ0n) is 11.9. The fraction of sp³-hybridized carbons (Fsp3) is 0.562. The van der Waals surface area contributed by atoms with Crippen molar-refractivity contribution in [3.8, 4) is 0 Å². The van der Waals surface area contributed by atoms with Gasteiger partial charge >= 0.3 is 0 Å². The van der Waals surface area contributed by atoms with Crippen molar-refractivity contribution < 1.29 is 14.6 Å². The van der Waals surface area contributed by atoms with Gasteiger partial charge in [-0.1, -0.05) is 30.3 Å². The quantitative estimate of drug-likeness (QED) is 0.834. The summed E-state index contributed by atoms with van der Waals surface area (Å²) in [7, 11) is 0. The van der Waals surface area contributed by atoms with Crippen LogP contribution < -0.4 is 5.32 Å². The third-order valence-corrected chi connectivity index (χ3v) is 3.79. The van der Waals surface area contributed by atoms with Gasteiger partial charge in [0, 0.05) is 6.54 Å². The maximum absolute atomic E-state index is 11.9. The highest BCUT2D eigenvalue weighted by molar-refractivity contribution is 5.80. The summed E-state index contributed by atoms with van der Waals surface area (Å²) in [5.41, 5.74) is 1.06. The van der Waals surface area contributed by atoms with Gasteiger partial charge in [0.2, 0.25) is 5.91 Å². The predicted molar refractivity (Wildman–Crippen MR) is 77.1 cm³/mol. The summed E-state index contributed by atoms with van der Waals surface area (Å²) in [6.45, 7) is 2.84. The minimum atomic E-state index is -0.457. The third kappa shape index (κ3) is 4.62. The highest BCUT2D eigenvalue weighted by Gasteiger charge is 2.23. The molecule has 1 fully saturated rings. The molecule has 0 radical (unpaired) electrons. The Bertz CT molecular complexity index is 421. The summed E-state index contributed by atoms with van der Waals surface area (Å²) < 4.78 is 5.56. The molecule has 110 valence electrons. The number of hydrogen-bond acceptors (Lipinski definition) is 3. The Balaban J connectivity index is 1.67. The first-order valence-corrected chi connectivity index (χ1v) is 7.26. The maximum atomic E-state index is 11.9. The summed E-state index contributed by atoms with van der Waals surface area (Å²) in [6.07, 6.45) is 1.98. The van der Waals surface area contributed by atoms with E-state index in [9.17, 15) is 9.90 Å². The predicted octanol–water partition coefficient (Wildman–Crippen LogP) is 1.87. The molecule has 0 spiro atoms. The van der Waals surface area contributed by atoms with Gasteiger partial charge in [0.05, 0.1) is 12.7 Å². The first kappa shape index (κ1) is 15.0. The van der Waals surface area contributed by atoms with Gasteiger partial charge in [-0.3, -0.25) is 4.79 Å². The number of aliphatic hydroxyl groups is 1. The van der Waals surface area contributed by atoms with Crippen molar-refractivity contribution >= 4 is 5.91 Å². The number of rotatable bonds is 6. The lowest BCUT2D eigenvalue weighted by atomic mass is 10.1. The number of aliphatic hydroxyl groups excluding tert-OH is 1. The minimum Gasteiger partial charge on any atom is -0.393 e. The van der Waals surface area contributed by atoms with E-state index in [4.69, 9.17) is 4.74 Å². The molecule has 2 rings (SSSR count). The smallest absolute Gasteiger partial charge is 0.248 e. The van der Waals surface area contributed by atoms with Crippen LogP contribution >= 0.6 is 0 Å². The van der Waals surface area contributed by atoms with Crippen LogP contribution in [0.15, 0.2) is 30.3 Å². The highest BCUT2D eigenvalue weighted by atomic mass is 16.5. The summed E-state index contributed by atoms with van der Waals surface area (Å²) in [5, 5.41) is 12.4. The van der Waals surface area contributed by atoms with Crippen LogP contribution in [0.2, 0.25) is 0 Å². The lowest BCUT2D eigenvalue weighted by Gasteiger charge is -2.15. The van der Waals surface area contributed by atoms with E-state index in [-0.39, 0.29) is 12.0 Å². The fourth-order valence-electron chi connectivity index (χ4n) is 2.49. The van der Waals surface area contributed by atoms with E-state index < -0.39 is 6.10 Å². The molecule has 3 atom stereocenters. The Morgan fingerprint density at radius 1 is 1.40 bits per heavy atom. The van der Waals surface area contributed by atoms with Crippen LogP contribution in [0.1, 0.15) is 31.7 Å². The third-order valence-electron chi connectivity index (χ3n) is 3.79. The topological polar surface area (TPSA) is 58.6 Å². The summed E-state index contributed by atoms with van der Waals surface area (Å²) in [5.74, 6) is 0.317. The summed E-state index contributed by atoms with van der Waals surface area (Å²) in [4.78, 5) is 11.9. The SMILES string of the molecule is CC(OCc1ccccc1)C(=O)NCC1CCC(O)C1. The van der Waals surface area contributed by atoms with E-state index in [1.54, 1.807) is 6.92 Å². The lowest BCUT2D eigenvalue weighted by molar-refractivity contribution is -0.132. The Kier molecular flexibility index (Phi) is 5.56. The van der Waals surface area contributed by atoms with Crippen LogP contribution in [0.3, 0.4) is 0 Å². The van der Waals surface area contributed by atoms with Crippen molar-refractivity contribution in [3.05, 3.63) is 35.9 Å². The minimum absolute atomic E-state index is 0.0812. The fourth-order valence-corrected chi connectivity index (χ4v) is 2.49. The van der Waals surface area contributed by atoms with Crippen molar-refractivity contribution in [1.29, 1.82) is 0 Å². The second kappa shape index (κ2) is 7.41. The van der Waals surface area contributed by atoms with Crippen molar-refractivity contribution in [2.75, 3.05) is 6.54 Å². The van der Waals surface area contributed by atoms with Gasteiger partial charge in [-0.15, -0.1) is 0 Å². The van der Waals surface area contributed by atoms with Gasteiger partial charge in [-0.25, -0.2) is 0 Å². The molecule has 0 saturated heterocycles. The first-order valence-electron chi connectivity index (χ1n) is 7.26. The zero-order chi connectivity index (χ0) is 14.4. The average molecular weight is 277 g/mol. The normalized spacial score (nSPS) is 23.5. The van der Waals surface area contributed by atoms with Crippen LogP contribution in [0, 0.1) is 5.92 Å². The molecule has 0 aromatic heterocycles. The highest BCUT2D eigenvalue weighted by Crippen LogP contribution is 2.24. The van der Waals surface area contributed by atoms with Gasteiger partial charge in [0.25, 0.3) is 0 Å². The zero-order valence-corrected chi connectivity index (χ0v) is 11.9. The molecule has 3 unspecified atom stereocenters. The Hall–Kier alpha value is -1.39. The molecular weight excluding hydrogens is 254 g/mol. The number of benzene rings is 1. The molecule has 0 aliphatic heterocycles. The van der Waals surface area contributed by atoms with Gasteiger partial charge < -0.3 is 15.2 Å². The van der Waals surface area contributed by atoms with E-state index in [1.807, 2.05) is 30.3 Å². The Morgan fingerprint density at radius 3 is 2.80 bits per heavy atom. The Labute approximate surface area is 120 Å². The van der Waals surface area contributed by atoms with Gasteiger partial charge in [0.15, 0.2) is 0 Å². The average Bonchev–Trinajstić information content (AvgIpc) is 2.89. The van der Waals surface area contributed by atoms with E-state index in [0.29, 0.717) is 19.1 Å². The standard InChI is InChI=1S/C16H23NO3/c1-12(20-11-13-5-3-2-4-6-13)16(19)17-10-14-7-8-15(18)9-14/h2-6,12,14-15,18H,7-11H2,1H3,(H,17,19). The molecule has 0 heterocycles. The molecule has 1 amide bonds. The second-order valence-corrected chi connectivity index (χ2v) is 5.52. The molecule has 4 nitrogen and oxygen atoms in total. The molecular formula is C16H23NO3. The largest absolute Gasteiger partial charge is 0.393 e. The molecule has 1 aromatic rings. The van der Waals surface area contributed by atoms with Crippen LogP contribution in [-0.2, 0) is 16.1 Å². The van der Waals surface area contributed by atoms with Gasteiger partial charge in [-0.2, -0.15) is 0 Å². The molecule has 1 aliphatic rings. The molecule has 20 heavy (non-hydrogen) atoms. The number of amides is 1. The first-order chi connectivity index (χ1) is 9.65. The summed E-state index contributed by atoms with van der Waals surface area (Å²) in [6, 6.07) is 9.81. The Morgan fingerprint density at radius 2 is 2.15 bits per heavy atom. The number of carbonyl (C=O) groups excluding carboxylic acids is 1. The van der Waals surface area contributed by atoms with E-state index >= 15 is 0 Å². The summed E-state index contributed by atoms with van der Waals surface area (Å²) >= 11 is 0. The van der Waals surface area contributed by atoms with Crippen LogP contribution in [0.5, 0.6) is 0 Å². The van der Waals surface area contributed by atoms with Gasteiger partial charge in [0.1, 0.15) is 6.10 Å².